The summed E-state index contributed by atoms with van der Waals surface area (Å²) in [6.45, 7) is 1.67. The molecular weight excluding hydrogens is 312 g/mol. The molecule has 2 aromatic rings. The number of likely N-dealkylation sites (tertiary alicyclic amines) is 1. The topological polar surface area (TPSA) is 50.2 Å². The Labute approximate surface area is 141 Å². The number of nitrogens with one attached hydrogen (secondary N) is 1. The quantitative estimate of drug-likeness (QED) is 0.936. The number of aryl methyl sites for hydroxylation is 1. The number of rotatable bonds is 4. The van der Waals surface area contributed by atoms with Crippen LogP contribution in [0.1, 0.15) is 28.5 Å². The molecule has 122 valence electrons. The maximum atomic E-state index is 12.3. The van der Waals surface area contributed by atoms with Crippen LogP contribution in [0.3, 0.4) is 0 Å². The Hall–Kier alpha value is -1.85. The van der Waals surface area contributed by atoms with Gasteiger partial charge in [-0.25, -0.2) is 0 Å². The summed E-state index contributed by atoms with van der Waals surface area (Å²) in [5, 5.41) is 3.63. The zero-order valence-electron chi connectivity index (χ0n) is 13.4. The molecule has 0 unspecified atom stereocenters. The lowest BCUT2D eigenvalue weighted by Crippen LogP contribution is -2.33. The van der Waals surface area contributed by atoms with Gasteiger partial charge in [-0.05, 0) is 43.6 Å². The Morgan fingerprint density at radius 2 is 2.30 bits per heavy atom. The molecule has 1 N–H and O–H groups in total. The molecule has 23 heavy (non-hydrogen) atoms. The molecule has 2 atom stereocenters. The third kappa shape index (κ3) is 3.41. The Balaban J connectivity index is 1.67. The largest absolute Gasteiger partial charge is 0.350 e. The highest BCUT2D eigenvalue weighted by Crippen LogP contribution is 2.35. The molecule has 6 heteroatoms. The Morgan fingerprint density at radius 3 is 2.96 bits per heavy atom. The first-order chi connectivity index (χ1) is 11.1. The van der Waals surface area contributed by atoms with Gasteiger partial charge >= 0.3 is 0 Å². The van der Waals surface area contributed by atoms with Crippen LogP contribution in [0.5, 0.6) is 0 Å². The summed E-state index contributed by atoms with van der Waals surface area (Å²) >= 11 is 5.94. The van der Waals surface area contributed by atoms with Crippen LogP contribution in [-0.4, -0.2) is 40.5 Å². The van der Waals surface area contributed by atoms with Crippen LogP contribution in [0.2, 0.25) is 5.02 Å². The van der Waals surface area contributed by atoms with Gasteiger partial charge in [-0.3, -0.25) is 14.7 Å². The van der Waals surface area contributed by atoms with E-state index < -0.39 is 0 Å². The number of hydrogen-bond donors (Lipinski definition) is 1. The van der Waals surface area contributed by atoms with E-state index in [1.54, 1.807) is 23.0 Å². The van der Waals surface area contributed by atoms with Gasteiger partial charge in [0.05, 0.1) is 5.02 Å². The summed E-state index contributed by atoms with van der Waals surface area (Å²) in [6.07, 6.45) is 6.50. The van der Waals surface area contributed by atoms with E-state index >= 15 is 0 Å². The highest BCUT2D eigenvalue weighted by molar-refractivity contribution is 6.31. The van der Waals surface area contributed by atoms with E-state index in [0.29, 0.717) is 29.2 Å². The van der Waals surface area contributed by atoms with Crippen molar-refractivity contribution in [2.75, 3.05) is 20.1 Å². The van der Waals surface area contributed by atoms with Crippen molar-refractivity contribution in [3.8, 4) is 0 Å². The van der Waals surface area contributed by atoms with Gasteiger partial charge in [0.2, 0.25) is 0 Å². The predicted molar refractivity (Wildman–Crippen MR) is 90.5 cm³/mol. The van der Waals surface area contributed by atoms with Crippen LogP contribution in [0, 0.1) is 5.92 Å². The Bertz CT molecular complexity index is 685. The molecule has 3 rings (SSSR count). The molecule has 0 bridgehead atoms. The predicted octanol–water partition coefficient (Wildman–Crippen LogP) is 2.50. The minimum atomic E-state index is -0.0844. The minimum Gasteiger partial charge on any atom is -0.350 e. The van der Waals surface area contributed by atoms with E-state index in [-0.39, 0.29) is 5.91 Å². The van der Waals surface area contributed by atoms with Gasteiger partial charge in [0, 0.05) is 38.2 Å². The molecule has 1 saturated heterocycles. The number of amides is 1. The van der Waals surface area contributed by atoms with E-state index in [0.717, 1.165) is 13.0 Å². The van der Waals surface area contributed by atoms with Crippen molar-refractivity contribution < 1.29 is 4.79 Å². The fraction of sp³-hybridized carbons (Fsp3) is 0.412. The lowest BCUT2D eigenvalue weighted by molar-refractivity contribution is 0.0935. The number of halogens is 1. The monoisotopic (exact) mass is 332 g/mol. The van der Waals surface area contributed by atoms with Crippen molar-refractivity contribution in [3.05, 3.63) is 53.1 Å². The van der Waals surface area contributed by atoms with E-state index in [1.807, 2.05) is 19.3 Å². The molecule has 1 fully saturated rings. The molecule has 0 saturated carbocycles. The van der Waals surface area contributed by atoms with Crippen molar-refractivity contribution in [2.24, 2.45) is 13.0 Å². The van der Waals surface area contributed by atoms with E-state index in [1.165, 1.54) is 5.56 Å². The molecule has 5 nitrogen and oxygen atoms in total. The second-order valence-corrected chi connectivity index (χ2v) is 6.56. The smallest absolute Gasteiger partial charge is 0.267 e. The number of pyridine rings is 1. The first-order valence-corrected chi connectivity index (χ1v) is 8.14. The maximum absolute atomic E-state index is 12.3. The van der Waals surface area contributed by atoms with Crippen molar-refractivity contribution in [2.45, 2.75) is 12.5 Å². The molecular formula is C17H21ClN4O. The summed E-state index contributed by atoms with van der Waals surface area (Å²) in [5.41, 5.74) is 1.79. The van der Waals surface area contributed by atoms with Gasteiger partial charge in [0.15, 0.2) is 0 Å². The lowest BCUT2D eigenvalue weighted by atomic mass is 9.95. The summed E-state index contributed by atoms with van der Waals surface area (Å²) < 4.78 is 1.75. The maximum Gasteiger partial charge on any atom is 0.267 e. The molecule has 0 radical (unpaired) electrons. The van der Waals surface area contributed by atoms with Crippen LogP contribution in [0.15, 0.2) is 36.8 Å². The van der Waals surface area contributed by atoms with Gasteiger partial charge < -0.3 is 9.88 Å². The standard InChI is InChI=1S/C17H21ClN4O/c1-21-7-5-13(16(21)12-4-3-6-19-9-12)10-20-17(23)15-8-14(18)11-22(15)2/h3-4,6,8-9,11,13,16H,5,7,10H2,1-2H3,(H,20,23)/t13-,16-/m0/s1. The molecule has 0 aromatic carbocycles. The highest BCUT2D eigenvalue weighted by Gasteiger charge is 2.33. The van der Waals surface area contributed by atoms with Gasteiger partial charge in [0.25, 0.3) is 5.91 Å². The number of carbonyl (C=O) groups is 1. The molecule has 0 aliphatic carbocycles. The fourth-order valence-electron chi connectivity index (χ4n) is 3.38. The first-order valence-electron chi connectivity index (χ1n) is 7.76. The van der Waals surface area contributed by atoms with Crippen LogP contribution in [0.4, 0.5) is 0 Å². The molecule has 1 aliphatic heterocycles. The Kier molecular flexibility index (Phi) is 4.68. The lowest BCUT2D eigenvalue weighted by Gasteiger charge is -2.25. The van der Waals surface area contributed by atoms with Crippen LogP contribution >= 0.6 is 11.6 Å². The molecule has 2 aromatic heterocycles. The van der Waals surface area contributed by atoms with Crippen LogP contribution < -0.4 is 5.32 Å². The summed E-state index contributed by atoms with van der Waals surface area (Å²) in [5.74, 6) is 0.294. The van der Waals surface area contributed by atoms with Gasteiger partial charge in [-0.2, -0.15) is 0 Å². The van der Waals surface area contributed by atoms with Crippen molar-refractivity contribution >= 4 is 17.5 Å². The molecule has 1 amide bonds. The average molecular weight is 333 g/mol. The number of nitrogens with zero attached hydrogens (tertiary/aromatic N) is 3. The normalized spacial score (nSPS) is 21.5. The van der Waals surface area contributed by atoms with Gasteiger partial charge in [-0.1, -0.05) is 17.7 Å². The number of carbonyl (C=O) groups excluding carboxylic acids is 1. The van der Waals surface area contributed by atoms with Crippen molar-refractivity contribution in [3.63, 3.8) is 0 Å². The zero-order chi connectivity index (χ0) is 16.4. The zero-order valence-corrected chi connectivity index (χ0v) is 14.1. The van der Waals surface area contributed by atoms with E-state index in [9.17, 15) is 4.79 Å². The fourth-order valence-corrected chi connectivity index (χ4v) is 3.63. The second kappa shape index (κ2) is 6.72. The number of aromatic nitrogens is 2. The van der Waals surface area contributed by atoms with E-state index in [2.05, 4.69) is 28.3 Å². The third-order valence-corrected chi connectivity index (χ3v) is 4.74. The molecule has 3 heterocycles. The van der Waals surface area contributed by atoms with E-state index in [4.69, 9.17) is 11.6 Å². The average Bonchev–Trinajstić information content (AvgIpc) is 3.08. The molecule has 1 aliphatic rings. The van der Waals surface area contributed by atoms with Crippen LogP contribution in [0.25, 0.3) is 0 Å². The number of hydrogen-bond acceptors (Lipinski definition) is 3. The van der Waals surface area contributed by atoms with Crippen molar-refractivity contribution in [1.82, 2.24) is 19.8 Å². The summed E-state index contributed by atoms with van der Waals surface area (Å²) in [7, 11) is 3.94. The Morgan fingerprint density at radius 1 is 1.48 bits per heavy atom. The summed E-state index contributed by atoms with van der Waals surface area (Å²) in [6, 6.07) is 6.05. The van der Waals surface area contributed by atoms with Crippen LogP contribution in [-0.2, 0) is 7.05 Å². The minimum absolute atomic E-state index is 0.0844. The first kappa shape index (κ1) is 16.0. The molecule has 0 spiro atoms. The van der Waals surface area contributed by atoms with Crippen molar-refractivity contribution in [1.29, 1.82) is 0 Å². The van der Waals surface area contributed by atoms with Gasteiger partial charge in [-0.15, -0.1) is 0 Å². The SMILES string of the molecule is CN1CC[C@@H](CNC(=O)c2cc(Cl)cn2C)[C@@H]1c1cccnc1. The second-order valence-electron chi connectivity index (χ2n) is 6.13. The summed E-state index contributed by atoms with van der Waals surface area (Å²) in [4.78, 5) is 18.9. The van der Waals surface area contributed by atoms with Gasteiger partial charge in [0.1, 0.15) is 5.69 Å². The highest BCUT2D eigenvalue weighted by atomic mass is 35.5. The third-order valence-electron chi connectivity index (χ3n) is 4.53.